The zero-order valence-electron chi connectivity index (χ0n) is 15.8. The molecule has 0 aliphatic heterocycles. The Bertz CT molecular complexity index is 1100. The molecule has 1 N–H and O–H groups in total. The highest BCUT2D eigenvalue weighted by Gasteiger charge is 2.17. The number of thiophene rings is 1. The van der Waals surface area contributed by atoms with E-state index in [1.807, 2.05) is 41.3 Å². The first-order chi connectivity index (χ1) is 13.7. The number of nitrogens with one attached hydrogen (secondary N) is 1. The van der Waals surface area contributed by atoms with Crippen molar-refractivity contribution in [1.82, 2.24) is 24.6 Å². The van der Waals surface area contributed by atoms with E-state index in [0.29, 0.717) is 12.3 Å². The molecule has 0 unspecified atom stereocenters. The average molecular weight is 412 g/mol. The zero-order chi connectivity index (χ0) is 19.5. The van der Waals surface area contributed by atoms with Gasteiger partial charge in [-0.1, -0.05) is 36.0 Å². The van der Waals surface area contributed by atoms with Crippen molar-refractivity contribution in [3.05, 3.63) is 52.9 Å². The summed E-state index contributed by atoms with van der Waals surface area (Å²) in [7, 11) is 1.94. The molecule has 8 heteroatoms. The number of aryl methyl sites for hydroxylation is 1. The number of fused-ring (bicyclic) bond motifs is 1. The van der Waals surface area contributed by atoms with Gasteiger partial charge in [0, 0.05) is 41.1 Å². The molecule has 0 aliphatic rings. The van der Waals surface area contributed by atoms with Gasteiger partial charge in [0.15, 0.2) is 11.0 Å². The summed E-state index contributed by atoms with van der Waals surface area (Å²) < 4.78 is 4.17. The number of hydrogen-bond donors (Lipinski definition) is 1. The van der Waals surface area contributed by atoms with Crippen LogP contribution in [0.5, 0.6) is 0 Å². The number of hydrogen-bond acceptors (Lipinski definition) is 5. The first-order valence-electron chi connectivity index (χ1n) is 9.07. The van der Waals surface area contributed by atoms with Crippen LogP contribution in [0.1, 0.15) is 11.8 Å². The summed E-state index contributed by atoms with van der Waals surface area (Å²) in [5.41, 5.74) is 2.24. The van der Waals surface area contributed by atoms with Crippen molar-refractivity contribution in [2.24, 2.45) is 7.05 Å². The molecule has 4 rings (SSSR count). The topological polar surface area (TPSA) is 64.7 Å². The van der Waals surface area contributed by atoms with Crippen molar-refractivity contribution in [1.29, 1.82) is 0 Å². The second kappa shape index (κ2) is 8.20. The summed E-state index contributed by atoms with van der Waals surface area (Å²) in [5.74, 6) is 1.11. The summed E-state index contributed by atoms with van der Waals surface area (Å²) in [5, 5.41) is 15.5. The van der Waals surface area contributed by atoms with Crippen molar-refractivity contribution in [2.75, 3.05) is 5.75 Å². The minimum Gasteiger partial charge on any atom is -0.350 e. The summed E-state index contributed by atoms with van der Waals surface area (Å²) >= 11 is 3.04. The van der Waals surface area contributed by atoms with Gasteiger partial charge >= 0.3 is 0 Å². The van der Waals surface area contributed by atoms with Crippen molar-refractivity contribution in [3.8, 4) is 11.4 Å². The number of rotatable bonds is 7. The van der Waals surface area contributed by atoms with Crippen LogP contribution in [0.25, 0.3) is 22.3 Å². The van der Waals surface area contributed by atoms with E-state index < -0.39 is 0 Å². The Morgan fingerprint density at radius 1 is 1.21 bits per heavy atom. The highest BCUT2D eigenvalue weighted by atomic mass is 32.2. The monoisotopic (exact) mass is 411 g/mol. The van der Waals surface area contributed by atoms with Crippen LogP contribution in [0.15, 0.2) is 53.1 Å². The van der Waals surface area contributed by atoms with Crippen LogP contribution in [0.2, 0.25) is 0 Å². The van der Waals surface area contributed by atoms with Crippen LogP contribution in [0, 0.1) is 0 Å². The second-order valence-corrected chi connectivity index (χ2v) is 8.33. The Balaban J connectivity index is 1.48. The number of carbonyl (C=O) groups is 1. The quantitative estimate of drug-likeness (QED) is 0.468. The van der Waals surface area contributed by atoms with Crippen molar-refractivity contribution in [3.63, 3.8) is 0 Å². The van der Waals surface area contributed by atoms with Gasteiger partial charge in [0.05, 0.1) is 12.3 Å². The summed E-state index contributed by atoms with van der Waals surface area (Å²) in [6.07, 6.45) is 2.12. The van der Waals surface area contributed by atoms with E-state index in [4.69, 9.17) is 0 Å². The summed E-state index contributed by atoms with van der Waals surface area (Å²) in [4.78, 5) is 13.3. The lowest BCUT2D eigenvalue weighted by Crippen LogP contribution is -2.24. The van der Waals surface area contributed by atoms with Crippen LogP contribution in [0.3, 0.4) is 0 Å². The Hall–Kier alpha value is -2.58. The molecule has 1 aromatic carbocycles. The third-order valence-corrected chi connectivity index (χ3v) is 6.47. The maximum absolute atomic E-state index is 12.1. The number of nitrogens with zero attached hydrogens (tertiary/aromatic N) is 4. The van der Waals surface area contributed by atoms with E-state index in [1.165, 1.54) is 17.3 Å². The molecule has 4 aromatic rings. The van der Waals surface area contributed by atoms with Crippen LogP contribution in [-0.2, 0) is 24.9 Å². The van der Waals surface area contributed by atoms with Gasteiger partial charge in [-0.2, -0.15) is 0 Å². The van der Waals surface area contributed by atoms with Gasteiger partial charge in [0.25, 0.3) is 0 Å². The molecule has 0 bridgehead atoms. The number of benzene rings is 1. The minimum absolute atomic E-state index is 0.00876. The normalized spacial score (nSPS) is 11.2. The standard InChI is InChI=1S/C20H21N5OS2/c1-3-25-12-16(15-8-4-5-9-17(15)25)19-22-23-20(24(19)2)28-13-18(26)21-11-14-7-6-10-27-14/h4-10,12H,3,11,13H2,1-2H3,(H,21,26). The molecule has 144 valence electrons. The lowest BCUT2D eigenvalue weighted by Gasteiger charge is -2.04. The molecule has 0 saturated carbocycles. The predicted molar refractivity (Wildman–Crippen MR) is 114 cm³/mol. The molecule has 0 fully saturated rings. The molecule has 3 heterocycles. The fourth-order valence-corrected chi connectivity index (χ4v) is 4.53. The number of thioether (sulfide) groups is 1. The SMILES string of the molecule is CCn1cc(-c2nnc(SCC(=O)NCc3cccs3)n2C)c2ccccc21. The third-order valence-electron chi connectivity index (χ3n) is 4.58. The lowest BCUT2D eigenvalue weighted by molar-refractivity contribution is -0.118. The van der Waals surface area contributed by atoms with Gasteiger partial charge < -0.3 is 14.5 Å². The molecule has 3 aromatic heterocycles. The predicted octanol–water partition coefficient (Wildman–Crippen LogP) is 3.93. The minimum atomic E-state index is -0.00876. The Kier molecular flexibility index (Phi) is 5.50. The third kappa shape index (κ3) is 3.70. The molecule has 0 radical (unpaired) electrons. The maximum atomic E-state index is 12.1. The summed E-state index contributed by atoms with van der Waals surface area (Å²) in [6, 6.07) is 12.3. The zero-order valence-corrected chi connectivity index (χ0v) is 17.4. The maximum Gasteiger partial charge on any atom is 0.230 e. The number of para-hydroxylation sites is 1. The molecule has 0 spiro atoms. The number of amides is 1. The van der Waals surface area contributed by atoms with E-state index in [9.17, 15) is 4.79 Å². The van der Waals surface area contributed by atoms with Crippen molar-refractivity contribution >= 4 is 39.9 Å². The fraction of sp³-hybridized carbons (Fsp3) is 0.250. The molecule has 1 amide bonds. The van der Waals surface area contributed by atoms with Gasteiger partial charge in [0.1, 0.15) is 0 Å². The molecule has 0 atom stereocenters. The van der Waals surface area contributed by atoms with Gasteiger partial charge in [-0.3, -0.25) is 4.79 Å². The van der Waals surface area contributed by atoms with E-state index >= 15 is 0 Å². The summed E-state index contributed by atoms with van der Waals surface area (Å²) in [6.45, 7) is 3.59. The highest BCUT2D eigenvalue weighted by Crippen LogP contribution is 2.31. The van der Waals surface area contributed by atoms with E-state index in [0.717, 1.165) is 33.4 Å². The van der Waals surface area contributed by atoms with Crippen LogP contribution < -0.4 is 5.32 Å². The van der Waals surface area contributed by atoms with Crippen molar-refractivity contribution < 1.29 is 4.79 Å². The van der Waals surface area contributed by atoms with Crippen LogP contribution in [-0.4, -0.2) is 31.0 Å². The van der Waals surface area contributed by atoms with Gasteiger partial charge in [-0.25, -0.2) is 0 Å². The largest absolute Gasteiger partial charge is 0.350 e. The lowest BCUT2D eigenvalue weighted by atomic mass is 10.1. The first-order valence-corrected chi connectivity index (χ1v) is 10.9. The highest BCUT2D eigenvalue weighted by molar-refractivity contribution is 7.99. The van der Waals surface area contributed by atoms with Gasteiger partial charge in [-0.05, 0) is 24.4 Å². The molecule has 0 saturated heterocycles. The fourth-order valence-electron chi connectivity index (χ4n) is 3.14. The second-order valence-electron chi connectivity index (χ2n) is 6.36. The molecular formula is C20H21N5OS2. The van der Waals surface area contributed by atoms with Crippen LogP contribution >= 0.6 is 23.1 Å². The number of aromatic nitrogens is 4. The first kappa shape index (κ1) is 18.8. The van der Waals surface area contributed by atoms with E-state index in [-0.39, 0.29) is 5.91 Å². The van der Waals surface area contributed by atoms with E-state index in [1.54, 1.807) is 11.3 Å². The van der Waals surface area contributed by atoms with Crippen LogP contribution in [0.4, 0.5) is 0 Å². The van der Waals surface area contributed by atoms with E-state index in [2.05, 4.69) is 45.3 Å². The molecule has 0 aliphatic carbocycles. The molecular weight excluding hydrogens is 390 g/mol. The molecule has 6 nitrogen and oxygen atoms in total. The van der Waals surface area contributed by atoms with Gasteiger partial charge in [0.2, 0.25) is 5.91 Å². The van der Waals surface area contributed by atoms with Crippen molar-refractivity contribution in [2.45, 2.75) is 25.2 Å². The Morgan fingerprint density at radius 3 is 2.86 bits per heavy atom. The Labute approximate surface area is 171 Å². The molecule has 28 heavy (non-hydrogen) atoms. The number of carbonyl (C=O) groups excluding carboxylic acids is 1. The smallest absolute Gasteiger partial charge is 0.230 e. The average Bonchev–Trinajstić information content (AvgIpc) is 3.44. The Morgan fingerprint density at radius 2 is 2.07 bits per heavy atom. The van der Waals surface area contributed by atoms with Gasteiger partial charge in [-0.15, -0.1) is 21.5 Å².